The fourth-order valence-corrected chi connectivity index (χ4v) is 3.79. The molecule has 1 aliphatic rings. The van der Waals surface area contributed by atoms with Gasteiger partial charge >= 0.3 is 0 Å². The van der Waals surface area contributed by atoms with Crippen molar-refractivity contribution in [3.8, 4) is 0 Å². The highest BCUT2D eigenvalue weighted by atomic mass is 35.5. The Kier molecular flexibility index (Phi) is 4.84. The first kappa shape index (κ1) is 19.1. The van der Waals surface area contributed by atoms with E-state index in [-0.39, 0.29) is 11.6 Å². The second-order valence-electron chi connectivity index (χ2n) is 6.73. The number of pyridine rings is 2. The summed E-state index contributed by atoms with van der Waals surface area (Å²) in [5, 5.41) is 4.06. The number of rotatable bonds is 4. The summed E-state index contributed by atoms with van der Waals surface area (Å²) in [5.41, 5.74) is 1.10. The van der Waals surface area contributed by atoms with Gasteiger partial charge in [0.1, 0.15) is 18.5 Å². The summed E-state index contributed by atoms with van der Waals surface area (Å²) in [6, 6.07) is 13.3. The van der Waals surface area contributed by atoms with Crippen molar-refractivity contribution in [2.45, 2.75) is 18.5 Å². The molecule has 8 heteroatoms. The molecule has 3 aromatic rings. The Morgan fingerprint density at radius 2 is 1.93 bits per heavy atom. The van der Waals surface area contributed by atoms with Crippen LogP contribution in [-0.2, 0) is 5.54 Å². The maximum Gasteiger partial charge on any atom is 0.282 e. The van der Waals surface area contributed by atoms with Gasteiger partial charge in [0.2, 0.25) is 5.95 Å². The number of aliphatic imine (C=N–C) groups is 1. The molecule has 1 aromatic carbocycles. The number of aromatic nitrogens is 2. The number of hydrogen-bond donors (Lipinski definition) is 1. The first-order valence-corrected chi connectivity index (χ1v) is 9.33. The molecule has 29 heavy (non-hydrogen) atoms. The molecule has 0 saturated carbocycles. The third-order valence-electron chi connectivity index (χ3n) is 5.10. The highest BCUT2D eigenvalue weighted by Crippen LogP contribution is 2.39. The van der Waals surface area contributed by atoms with Crippen molar-refractivity contribution in [1.29, 1.82) is 0 Å². The van der Waals surface area contributed by atoms with Crippen LogP contribution in [-0.4, -0.2) is 28.7 Å². The normalized spacial score (nSPS) is 20.8. The lowest BCUT2D eigenvalue weighted by molar-refractivity contribution is 0.157. The minimum atomic E-state index is -0.836. The third kappa shape index (κ3) is 3.27. The van der Waals surface area contributed by atoms with E-state index >= 15 is 0 Å². The van der Waals surface area contributed by atoms with Gasteiger partial charge in [-0.15, -0.1) is 0 Å². The van der Waals surface area contributed by atoms with Gasteiger partial charge in [-0.1, -0.05) is 23.7 Å². The van der Waals surface area contributed by atoms with Gasteiger partial charge in [-0.2, -0.15) is 9.12 Å². The minimum Gasteiger partial charge on any atom is -0.414 e. The summed E-state index contributed by atoms with van der Waals surface area (Å²) < 4.78 is 15.1. The molecule has 0 fully saturated rings. The van der Waals surface area contributed by atoms with Gasteiger partial charge in [0, 0.05) is 22.8 Å². The van der Waals surface area contributed by atoms with Crippen molar-refractivity contribution in [2.24, 2.45) is 4.99 Å². The van der Waals surface area contributed by atoms with Crippen molar-refractivity contribution < 1.29 is 9.23 Å². The predicted octanol–water partition coefficient (Wildman–Crippen LogP) is 2.78. The van der Waals surface area contributed by atoms with E-state index in [2.05, 4.69) is 10.3 Å². The van der Waals surface area contributed by atoms with E-state index in [0.717, 1.165) is 10.3 Å². The van der Waals surface area contributed by atoms with E-state index in [1.807, 2.05) is 19.1 Å². The molecule has 0 bridgehead atoms. The molecule has 6 nitrogen and oxygen atoms in total. The van der Waals surface area contributed by atoms with E-state index in [0.29, 0.717) is 22.0 Å². The zero-order chi connectivity index (χ0) is 20.6. The van der Waals surface area contributed by atoms with Crippen LogP contribution >= 0.6 is 11.6 Å². The lowest BCUT2D eigenvalue weighted by atomic mass is 9.78. The number of halogens is 2. The van der Waals surface area contributed by atoms with Crippen molar-refractivity contribution >= 4 is 17.4 Å². The van der Waals surface area contributed by atoms with E-state index in [4.69, 9.17) is 21.4 Å². The largest absolute Gasteiger partial charge is 0.414 e. The number of hydrogen-bond acceptors (Lipinski definition) is 5. The fraction of sp³-hybridized carbons (Fsp3) is 0.190. The lowest BCUT2D eigenvalue weighted by Gasteiger charge is -2.35. The van der Waals surface area contributed by atoms with Crippen LogP contribution in [0.25, 0.3) is 0 Å². The van der Waals surface area contributed by atoms with Crippen LogP contribution in [0.3, 0.4) is 0 Å². The molecule has 0 radical (unpaired) electrons. The molecular formula is C21H18ClFN4O2. The summed E-state index contributed by atoms with van der Waals surface area (Å²) in [6.07, 6.45) is 2.99. The van der Waals surface area contributed by atoms with Crippen molar-refractivity contribution in [1.82, 2.24) is 15.0 Å². The van der Waals surface area contributed by atoms with E-state index < -0.39 is 11.5 Å². The van der Waals surface area contributed by atoms with Gasteiger partial charge in [-0.05, 0) is 48.4 Å². The third-order valence-corrected chi connectivity index (χ3v) is 5.35. The van der Waals surface area contributed by atoms with Gasteiger partial charge in [0.05, 0.1) is 12.2 Å². The van der Waals surface area contributed by atoms with E-state index in [1.54, 1.807) is 30.5 Å². The fourth-order valence-electron chi connectivity index (χ4n) is 3.66. The molecule has 2 atom stereocenters. The lowest BCUT2D eigenvalue weighted by Crippen LogP contribution is -2.48. The van der Waals surface area contributed by atoms with Crippen molar-refractivity contribution in [3.63, 3.8) is 0 Å². The Morgan fingerprint density at radius 3 is 2.62 bits per heavy atom. The maximum atomic E-state index is 14.0. The summed E-state index contributed by atoms with van der Waals surface area (Å²) in [6.45, 7) is 1.94. The number of amidine groups is 1. The molecule has 0 aliphatic carbocycles. The highest BCUT2D eigenvalue weighted by Gasteiger charge is 2.45. The molecule has 148 valence electrons. The van der Waals surface area contributed by atoms with Gasteiger partial charge in [0.25, 0.3) is 5.56 Å². The predicted molar refractivity (Wildman–Crippen MR) is 109 cm³/mol. The maximum absolute atomic E-state index is 14.0. The first-order valence-electron chi connectivity index (χ1n) is 8.95. The quantitative estimate of drug-likeness (QED) is 0.669. The summed E-state index contributed by atoms with van der Waals surface area (Å²) in [5.74, 6) is -0.0123. The van der Waals surface area contributed by atoms with E-state index in [9.17, 15) is 9.18 Å². The highest BCUT2D eigenvalue weighted by molar-refractivity contribution is 6.30. The Morgan fingerprint density at radius 1 is 1.17 bits per heavy atom. The standard InChI is InChI=1S/C21H18ClFN4O2/c1-13-21(15-4-6-17(22)7-5-15,16-9-10-24-18(23)11-16)26-20(25-13)14-3-8-19(28)27(12-14)29-2/h3-13H,1-2H3,(H,25,26)/t13-,21+/m0/s1. The number of nitrogens with zero attached hydrogens (tertiary/aromatic N) is 3. The SMILES string of the molecule is COn1cc(C2=N[C@@H](C)[C@@](c3ccc(Cl)cc3)(c3ccnc(F)c3)N2)ccc1=O. The Balaban J connectivity index is 1.85. The Hall–Kier alpha value is -3.19. The molecule has 4 rings (SSSR count). The average molecular weight is 413 g/mol. The smallest absolute Gasteiger partial charge is 0.282 e. The van der Waals surface area contributed by atoms with Crippen LogP contribution in [0.1, 0.15) is 23.6 Å². The van der Waals surface area contributed by atoms with Crippen molar-refractivity contribution in [2.75, 3.05) is 7.11 Å². The number of nitrogens with one attached hydrogen (secondary N) is 1. The van der Waals surface area contributed by atoms with Crippen LogP contribution in [0.5, 0.6) is 0 Å². The monoisotopic (exact) mass is 412 g/mol. The molecule has 0 spiro atoms. The second kappa shape index (κ2) is 7.33. The molecule has 0 unspecified atom stereocenters. The summed E-state index contributed by atoms with van der Waals surface area (Å²) >= 11 is 6.08. The van der Waals surface area contributed by atoms with Crippen LogP contribution in [0.2, 0.25) is 5.02 Å². The minimum absolute atomic E-state index is 0.289. The summed E-state index contributed by atoms with van der Waals surface area (Å²) in [4.78, 5) is 25.4. The van der Waals surface area contributed by atoms with Gasteiger partial charge in [-0.25, -0.2) is 4.98 Å². The van der Waals surface area contributed by atoms with Gasteiger partial charge in [0.15, 0.2) is 0 Å². The molecule has 1 N–H and O–H groups in total. The van der Waals surface area contributed by atoms with E-state index in [1.165, 1.54) is 25.4 Å². The average Bonchev–Trinajstić information content (AvgIpc) is 3.07. The van der Waals surface area contributed by atoms with Gasteiger partial charge < -0.3 is 10.2 Å². The number of benzene rings is 1. The van der Waals surface area contributed by atoms with Crippen LogP contribution < -0.4 is 15.7 Å². The topological polar surface area (TPSA) is 68.5 Å². The van der Waals surface area contributed by atoms with Crippen LogP contribution in [0.15, 0.2) is 70.7 Å². The van der Waals surface area contributed by atoms with Gasteiger partial charge in [-0.3, -0.25) is 9.79 Å². The van der Waals surface area contributed by atoms with Crippen molar-refractivity contribution in [3.05, 3.63) is 98.9 Å². The zero-order valence-electron chi connectivity index (χ0n) is 15.8. The molecule has 1 aliphatic heterocycles. The molecule has 3 heterocycles. The zero-order valence-corrected chi connectivity index (χ0v) is 16.5. The Labute approximate surface area is 171 Å². The Bertz CT molecular complexity index is 1150. The molecular weight excluding hydrogens is 395 g/mol. The van der Waals surface area contributed by atoms with Crippen LogP contribution in [0.4, 0.5) is 4.39 Å². The molecule has 0 amide bonds. The molecule has 2 aromatic heterocycles. The van der Waals surface area contributed by atoms with Crippen LogP contribution in [0, 0.1) is 5.95 Å². The molecule has 0 saturated heterocycles. The first-order chi connectivity index (χ1) is 13.9. The summed E-state index contributed by atoms with van der Waals surface area (Å²) in [7, 11) is 1.41. The second-order valence-corrected chi connectivity index (χ2v) is 7.16.